The average Bonchev–Trinajstić information content (AvgIpc) is 2.61. The number of nitrogens with two attached hydrogens (primary N) is 1. The summed E-state index contributed by atoms with van der Waals surface area (Å²) >= 11 is 0. The van der Waals surface area contributed by atoms with Gasteiger partial charge in [0.05, 0.1) is 11.5 Å². The SMILES string of the molecule is CCc1ccccc1NC(=O)CN(C)c1ccc(C(N)=O)cc1[N+](=O)[O-]. The molecule has 26 heavy (non-hydrogen) atoms. The highest BCUT2D eigenvalue weighted by molar-refractivity contribution is 5.96. The Morgan fingerprint density at radius 1 is 1.23 bits per heavy atom. The highest BCUT2D eigenvalue weighted by Crippen LogP contribution is 2.28. The number of hydrogen-bond acceptors (Lipinski definition) is 5. The number of rotatable bonds is 7. The molecule has 2 aromatic rings. The van der Waals surface area contributed by atoms with Crippen molar-refractivity contribution in [2.45, 2.75) is 13.3 Å². The Balaban J connectivity index is 2.18. The van der Waals surface area contributed by atoms with Crippen molar-refractivity contribution in [3.05, 3.63) is 63.7 Å². The molecule has 2 aromatic carbocycles. The van der Waals surface area contributed by atoms with Gasteiger partial charge in [-0.1, -0.05) is 25.1 Å². The van der Waals surface area contributed by atoms with Crippen molar-refractivity contribution in [3.63, 3.8) is 0 Å². The number of aryl methyl sites for hydroxylation is 1. The molecule has 2 amide bonds. The summed E-state index contributed by atoms with van der Waals surface area (Å²) in [7, 11) is 1.57. The van der Waals surface area contributed by atoms with Gasteiger partial charge in [0.1, 0.15) is 5.69 Å². The van der Waals surface area contributed by atoms with Crippen LogP contribution in [0.3, 0.4) is 0 Å². The maximum atomic E-state index is 12.3. The van der Waals surface area contributed by atoms with Crippen molar-refractivity contribution < 1.29 is 14.5 Å². The number of primary amides is 1. The Morgan fingerprint density at radius 3 is 2.54 bits per heavy atom. The maximum absolute atomic E-state index is 12.3. The van der Waals surface area contributed by atoms with E-state index in [1.807, 2.05) is 25.1 Å². The second kappa shape index (κ2) is 8.11. The van der Waals surface area contributed by atoms with Crippen LogP contribution in [-0.2, 0) is 11.2 Å². The van der Waals surface area contributed by atoms with Gasteiger partial charge in [-0.2, -0.15) is 0 Å². The number of benzene rings is 2. The fourth-order valence-electron chi connectivity index (χ4n) is 2.59. The Morgan fingerprint density at radius 2 is 1.92 bits per heavy atom. The molecular formula is C18H20N4O4. The largest absolute Gasteiger partial charge is 0.366 e. The van der Waals surface area contributed by atoms with Gasteiger partial charge in [0.25, 0.3) is 5.69 Å². The lowest BCUT2D eigenvalue weighted by Gasteiger charge is -2.19. The molecule has 0 unspecified atom stereocenters. The van der Waals surface area contributed by atoms with E-state index in [-0.39, 0.29) is 29.4 Å². The molecule has 8 nitrogen and oxygen atoms in total. The van der Waals surface area contributed by atoms with E-state index in [4.69, 9.17) is 5.73 Å². The summed E-state index contributed by atoms with van der Waals surface area (Å²) in [5.41, 5.74) is 6.85. The smallest absolute Gasteiger partial charge is 0.293 e. The lowest BCUT2D eigenvalue weighted by Crippen LogP contribution is -2.30. The fraction of sp³-hybridized carbons (Fsp3) is 0.222. The minimum atomic E-state index is -0.754. The summed E-state index contributed by atoms with van der Waals surface area (Å²) in [6, 6.07) is 11.4. The summed E-state index contributed by atoms with van der Waals surface area (Å²) in [5.74, 6) is -1.06. The zero-order valence-electron chi connectivity index (χ0n) is 14.6. The monoisotopic (exact) mass is 356 g/mol. The lowest BCUT2D eigenvalue weighted by atomic mass is 10.1. The minimum Gasteiger partial charge on any atom is -0.366 e. The van der Waals surface area contributed by atoms with Crippen molar-refractivity contribution in [3.8, 4) is 0 Å². The third kappa shape index (κ3) is 4.35. The molecule has 0 aliphatic rings. The van der Waals surface area contributed by atoms with E-state index in [0.29, 0.717) is 5.69 Å². The van der Waals surface area contributed by atoms with E-state index in [0.717, 1.165) is 18.1 Å². The van der Waals surface area contributed by atoms with E-state index in [1.165, 1.54) is 17.0 Å². The van der Waals surface area contributed by atoms with Crippen molar-refractivity contribution in [2.24, 2.45) is 5.73 Å². The number of anilines is 2. The van der Waals surface area contributed by atoms with Gasteiger partial charge in [0, 0.05) is 24.4 Å². The first-order chi connectivity index (χ1) is 12.3. The van der Waals surface area contributed by atoms with Crippen LogP contribution < -0.4 is 16.0 Å². The first kappa shape index (κ1) is 18.9. The van der Waals surface area contributed by atoms with Gasteiger partial charge in [-0.25, -0.2) is 0 Å². The van der Waals surface area contributed by atoms with E-state index in [9.17, 15) is 19.7 Å². The Bertz CT molecular complexity index is 851. The van der Waals surface area contributed by atoms with Crippen LogP contribution >= 0.6 is 0 Å². The van der Waals surface area contributed by atoms with Crippen molar-refractivity contribution in [1.82, 2.24) is 0 Å². The highest BCUT2D eigenvalue weighted by atomic mass is 16.6. The van der Waals surface area contributed by atoms with Crippen molar-refractivity contribution in [2.75, 3.05) is 23.8 Å². The van der Waals surface area contributed by atoms with Crippen LogP contribution in [0.2, 0.25) is 0 Å². The molecule has 0 bridgehead atoms. The molecule has 2 rings (SSSR count). The normalized spacial score (nSPS) is 10.2. The topological polar surface area (TPSA) is 119 Å². The van der Waals surface area contributed by atoms with Crippen LogP contribution in [-0.4, -0.2) is 30.3 Å². The molecule has 8 heteroatoms. The number of nitro benzene ring substituents is 1. The number of likely N-dealkylation sites (N-methyl/N-ethyl adjacent to an activating group) is 1. The number of amides is 2. The third-order valence-electron chi connectivity index (χ3n) is 3.92. The molecule has 0 spiro atoms. The quantitative estimate of drug-likeness (QED) is 0.583. The van der Waals surface area contributed by atoms with Gasteiger partial charge in [-0.05, 0) is 30.2 Å². The fourth-order valence-corrected chi connectivity index (χ4v) is 2.59. The molecule has 0 aliphatic carbocycles. The van der Waals surface area contributed by atoms with Gasteiger partial charge in [0.15, 0.2) is 0 Å². The molecule has 0 aromatic heterocycles. The van der Waals surface area contributed by atoms with E-state index < -0.39 is 10.8 Å². The Hall–Kier alpha value is -3.42. The number of nitrogens with zero attached hydrogens (tertiary/aromatic N) is 2. The van der Waals surface area contributed by atoms with Gasteiger partial charge < -0.3 is 16.0 Å². The molecule has 3 N–H and O–H groups in total. The van der Waals surface area contributed by atoms with Gasteiger partial charge in [-0.15, -0.1) is 0 Å². The number of hydrogen-bond donors (Lipinski definition) is 2. The second-order valence-corrected chi connectivity index (χ2v) is 5.74. The van der Waals surface area contributed by atoms with Crippen LogP contribution in [0.15, 0.2) is 42.5 Å². The van der Waals surface area contributed by atoms with Crippen molar-refractivity contribution >= 4 is 28.9 Å². The molecule has 0 saturated heterocycles. The molecule has 0 fully saturated rings. The molecule has 0 saturated carbocycles. The molecule has 0 heterocycles. The van der Waals surface area contributed by atoms with Crippen LogP contribution in [0, 0.1) is 10.1 Å². The lowest BCUT2D eigenvalue weighted by molar-refractivity contribution is -0.384. The predicted molar refractivity (Wildman–Crippen MR) is 99.3 cm³/mol. The minimum absolute atomic E-state index is 0.0372. The number of para-hydroxylation sites is 1. The molecule has 136 valence electrons. The highest BCUT2D eigenvalue weighted by Gasteiger charge is 2.21. The van der Waals surface area contributed by atoms with Crippen LogP contribution in [0.1, 0.15) is 22.8 Å². The first-order valence-electron chi connectivity index (χ1n) is 8.00. The zero-order chi connectivity index (χ0) is 19.3. The van der Waals surface area contributed by atoms with Crippen LogP contribution in [0.4, 0.5) is 17.1 Å². The third-order valence-corrected chi connectivity index (χ3v) is 3.92. The van der Waals surface area contributed by atoms with Gasteiger partial charge in [0.2, 0.25) is 11.8 Å². The zero-order valence-corrected chi connectivity index (χ0v) is 14.6. The molecular weight excluding hydrogens is 336 g/mol. The molecule has 0 atom stereocenters. The summed E-state index contributed by atoms with van der Waals surface area (Å²) in [6.45, 7) is 1.90. The van der Waals surface area contributed by atoms with E-state index in [2.05, 4.69) is 5.32 Å². The van der Waals surface area contributed by atoms with E-state index in [1.54, 1.807) is 13.1 Å². The Labute approximate surface area is 150 Å². The number of carbonyl (C=O) groups is 2. The Kier molecular flexibility index (Phi) is 5.90. The van der Waals surface area contributed by atoms with Crippen molar-refractivity contribution in [1.29, 1.82) is 0 Å². The number of nitro groups is 1. The van der Waals surface area contributed by atoms with Crippen LogP contribution in [0.25, 0.3) is 0 Å². The predicted octanol–water partition coefficient (Wildman–Crippen LogP) is 2.33. The van der Waals surface area contributed by atoms with Crippen LogP contribution in [0.5, 0.6) is 0 Å². The summed E-state index contributed by atoms with van der Waals surface area (Å²) < 4.78 is 0. The molecule has 0 radical (unpaired) electrons. The standard InChI is InChI=1S/C18H20N4O4/c1-3-12-6-4-5-7-14(12)20-17(23)11-21(2)15-9-8-13(18(19)24)10-16(15)22(25)26/h4-10H,3,11H2,1-2H3,(H2,19,24)(H,20,23). The number of nitrogens with one attached hydrogen (secondary N) is 1. The number of carbonyl (C=O) groups excluding carboxylic acids is 2. The summed E-state index contributed by atoms with van der Waals surface area (Å²) in [6.07, 6.45) is 0.770. The molecule has 0 aliphatic heterocycles. The summed E-state index contributed by atoms with van der Waals surface area (Å²) in [4.78, 5) is 35.7. The maximum Gasteiger partial charge on any atom is 0.293 e. The average molecular weight is 356 g/mol. The summed E-state index contributed by atoms with van der Waals surface area (Å²) in [5, 5.41) is 14.1. The first-order valence-corrected chi connectivity index (χ1v) is 8.00. The van der Waals surface area contributed by atoms with Gasteiger partial charge in [-0.3, -0.25) is 19.7 Å². The van der Waals surface area contributed by atoms with Gasteiger partial charge >= 0.3 is 0 Å². The second-order valence-electron chi connectivity index (χ2n) is 5.74. The van der Waals surface area contributed by atoms with E-state index >= 15 is 0 Å².